The summed E-state index contributed by atoms with van der Waals surface area (Å²) in [5.74, 6) is 0. The summed E-state index contributed by atoms with van der Waals surface area (Å²) in [7, 11) is 0. The average molecular weight is 151 g/mol. The molecule has 0 saturated heterocycles. The van der Waals surface area contributed by atoms with Crippen LogP contribution >= 0.6 is 0 Å². The van der Waals surface area contributed by atoms with Crippen molar-refractivity contribution in [2.75, 3.05) is 19.8 Å². The van der Waals surface area contributed by atoms with E-state index in [1.54, 1.807) is 0 Å². The lowest BCUT2D eigenvalue weighted by Gasteiger charge is -2.15. The first kappa shape index (κ1) is 9.80. The summed E-state index contributed by atoms with van der Waals surface area (Å²) >= 11 is 0. The van der Waals surface area contributed by atoms with Crippen LogP contribution in [-0.4, -0.2) is 52.5 Å². The zero-order chi connectivity index (χ0) is 7.98. The SMILES string of the molecule is OCCNC(O)C(O)CO. The van der Waals surface area contributed by atoms with Crippen LogP contribution in [0, 0.1) is 0 Å². The third kappa shape index (κ3) is 3.76. The van der Waals surface area contributed by atoms with Crippen LogP contribution < -0.4 is 5.32 Å². The molecule has 2 atom stereocenters. The largest absolute Gasteiger partial charge is 0.395 e. The molecule has 0 aromatic carbocycles. The van der Waals surface area contributed by atoms with Crippen LogP contribution in [0.3, 0.4) is 0 Å². The molecule has 0 aromatic heterocycles. The highest BCUT2D eigenvalue weighted by atomic mass is 16.4. The Morgan fingerprint density at radius 3 is 2.20 bits per heavy atom. The number of aliphatic hydroxyl groups excluding tert-OH is 4. The van der Waals surface area contributed by atoms with Crippen molar-refractivity contribution in [3.8, 4) is 0 Å². The molecule has 5 nitrogen and oxygen atoms in total. The summed E-state index contributed by atoms with van der Waals surface area (Å²) in [4.78, 5) is 0. The second-order valence-electron chi connectivity index (χ2n) is 1.87. The molecule has 0 aliphatic heterocycles. The highest BCUT2D eigenvalue weighted by molar-refractivity contribution is 4.62. The van der Waals surface area contributed by atoms with Crippen molar-refractivity contribution in [3.63, 3.8) is 0 Å². The molecule has 0 fully saturated rings. The molecule has 10 heavy (non-hydrogen) atoms. The highest BCUT2D eigenvalue weighted by Gasteiger charge is 2.12. The van der Waals surface area contributed by atoms with E-state index in [-0.39, 0.29) is 13.2 Å². The maximum Gasteiger partial charge on any atom is 0.133 e. The van der Waals surface area contributed by atoms with Gasteiger partial charge < -0.3 is 20.4 Å². The van der Waals surface area contributed by atoms with E-state index in [1.807, 2.05) is 0 Å². The predicted octanol–water partition coefficient (Wildman–Crippen LogP) is -2.76. The van der Waals surface area contributed by atoms with Crippen LogP contribution in [0.25, 0.3) is 0 Å². The van der Waals surface area contributed by atoms with Gasteiger partial charge in [-0.1, -0.05) is 0 Å². The third-order valence-corrected chi connectivity index (χ3v) is 1.02. The Balaban J connectivity index is 3.31. The van der Waals surface area contributed by atoms with E-state index >= 15 is 0 Å². The van der Waals surface area contributed by atoms with Crippen molar-refractivity contribution in [2.24, 2.45) is 0 Å². The lowest BCUT2D eigenvalue weighted by atomic mass is 10.3. The fourth-order valence-electron chi connectivity index (χ4n) is 0.448. The van der Waals surface area contributed by atoms with E-state index in [1.165, 1.54) is 0 Å². The first-order valence-electron chi connectivity index (χ1n) is 3.03. The summed E-state index contributed by atoms with van der Waals surface area (Å²) in [6, 6.07) is 0. The zero-order valence-electron chi connectivity index (χ0n) is 5.56. The minimum absolute atomic E-state index is 0.116. The third-order valence-electron chi connectivity index (χ3n) is 1.02. The summed E-state index contributed by atoms with van der Waals surface area (Å²) < 4.78 is 0. The average Bonchev–Trinajstić information content (AvgIpc) is 1.98. The molecule has 0 saturated carbocycles. The molecule has 0 aliphatic carbocycles. The topological polar surface area (TPSA) is 93.0 Å². The fraction of sp³-hybridized carbons (Fsp3) is 1.00. The van der Waals surface area contributed by atoms with Crippen molar-refractivity contribution in [1.29, 1.82) is 0 Å². The molecule has 0 amide bonds. The van der Waals surface area contributed by atoms with E-state index < -0.39 is 18.9 Å². The van der Waals surface area contributed by atoms with Crippen molar-refractivity contribution in [1.82, 2.24) is 5.32 Å². The molecule has 5 heteroatoms. The number of rotatable bonds is 5. The molecule has 0 heterocycles. The molecule has 2 unspecified atom stereocenters. The molecule has 0 aliphatic rings. The highest BCUT2D eigenvalue weighted by Crippen LogP contribution is 1.85. The maximum atomic E-state index is 8.82. The smallest absolute Gasteiger partial charge is 0.133 e. The number of nitrogens with one attached hydrogen (secondary N) is 1. The van der Waals surface area contributed by atoms with Crippen LogP contribution in [0.4, 0.5) is 0 Å². The molecule has 62 valence electrons. The normalized spacial score (nSPS) is 16.8. The summed E-state index contributed by atoms with van der Waals surface area (Å²) in [5.41, 5.74) is 0. The zero-order valence-corrected chi connectivity index (χ0v) is 5.56. The quantitative estimate of drug-likeness (QED) is 0.274. The van der Waals surface area contributed by atoms with Crippen molar-refractivity contribution in [2.45, 2.75) is 12.3 Å². The molecular formula is C5H13NO4. The summed E-state index contributed by atoms with van der Waals surface area (Å²) in [5, 5.41) is 36.4. The van der Waals surface area contributed by atoms with Crippen LogP contribution in [0.1, 0.15) is 0 Å². The first-order chi connectivity index (χ1) is 4.72. The van der Waals surface area contributed by atoms with Gasteiger partial charge in [-0.3, -0.25) is 5.32 Å². The molecule has 0 rings (SSSR count). The van der Waals surface area contributed by atoms with Gasteiger partial charge in [0.25, 0.3) is 0 Å². The maximum absolute atomic E-state index is 8.82. The lowest BCUT2D eigenvalue weighted by molar-refractivity contribution is -0.0319. The molecule has 0 radical (unpaired) electrons. The molecule has 0 aromatic rings. The fourth-order valence-corrected chi connectivity index (χ4v) is 0.448. The minimum atomic E-state index is -1.19. The van der Waals surface area contributed by atoms with E-state index in [4.69, 9.17) is 20.4 Å². The Bertz CT molecular complexity index is 80.0. The van der Waals surface area contributed by atoms with Gasteiger partial charge in [0.2, 0.25) is 0 Å². The second-order valence-corrected chi connectivity index (χ2v) is 1.87. The van der Waals surface area contributed by atoms with E-state index in [9.17, 15) is 0 Å². The lowest BCUT2D eigenvalue weighted by Crippen LogP contribution is -2.42. The summed E-state index contributed by atoms with van der Waals surface area (Å²) in [6.45, 7) is -0.424. The predicted molar refractivity (Wildman–Crippen MR) is 34.2 cm³/mol. The van der Waals surface area contributed by atoms with Gasteiger partial charge in [0, 0.05) is 6.54 Å². The second kappa shape index (κ2) is 5.57. The van der Waals surface area contributed by atoms with Gasteiger partial charge in [-0.2, -0.15) is 0 Å². The minimum Gasteiger partial charge on any atom is -0.395 e. The Morgan fingerprint density at radius 1 is 1.20 bits per heavy atom. The number of hydrogen-bond acceptors (Lipinski definition) is 5. The van der Waals surface area contributed by atoms with Gasteiger partial charge >= 0.3 is 0 Å². The van der Waals surface area contributed by atoms with Crippen molar-refractivity contribution >= 4 is 0 Å². The van der Waals surface area contributed by atoms with Crippen LogP contribution in [0.15, 0.2) is 0 Å². The Morgan fingerprint density at radius 2 is 1.80 bits per heavy atom. The monoisotopic (exact) mass is 151 g/mol. The van der Waals surface area contributed by atoms with Crippen molar-refractivity contribution < 1.29 is 20.4 Å². The van der Waals surface area contributed by atoms with E-state index in [0.717, 1.165) is 0 Å². The Hall–Kier alpha value is -0.200. The number of aliphatic hydroxyl groups is 4. The van der Waals surface area contributed by atoms with Gasteiger partial charge in [0.1, 0.15) is 12.3 Å². The van der Waals surface area contributed by atoms with Crippen LogP contribution in [-0.2, 0) is 0 Å². The van der Waals surface area contributed by atoms with Gasteiger partial charge in [-0.25, -0.2) is 0 Å². The molecule has 5 N–H and O–H groups in total. The molecule has 0 spiro atoms. The summed E-state index contributed by atoms with van der Waals surface area (Å²) in [6.07, 6.45) is -2.36. The molecule has 0 bridgehead atoms. The standard InChI is InChI=1S/C5H13NO4/c7-2-1-6-5(10)4(9)3-8/h4-10H,1-3H2. The van der Waals surface area contributed by atoms with E-state index in [2.05, 4.69) is 5.32 Å². The molecular weight excluding hydrogens is 138 g/mol. The van der Waals surface area contributed by atoms with Gasteiger partial charge in [0.05, 0.1) is 13.2 Å². The Kier molecular flexibility index (Phi) is 5.46. The Labute approximate surface area is 58.9 Å². The van der Waals surface area contributed by atoms with Gasteiger partial charge in [0.15, 0.2) is 0 Å². The van der Waals surface area contributed by atoms with Gasteiger partial charge in [-0.15, -0.1) is 0 Å². The van der Waals surface area contributed by atoms with Crippen LogP contribution in [0.5, 0.6) is 0 Å². The first-order valence-corrected chi connectivity index (χ1v) is 3.03. The van der Waals surface area contributed by atoms with Crippen LogP contribution in [0.2, 0.25) is 0 Å². The number of hydrogen-bond donors (Lipinski definition) is 5. The van der Waals surface area contributed by atoms with Gasteiger partial charge in [-0.05, 0) is 0 Å². The van der Waals surface area contributed by atoms with Crippen molar-refractivity contribution in [3.05, 3.63) is 0 Å². The van der Waals surface area contributed by atoms with E-state index in [0.29, 0.717) is 0 Å².